The quantitative estimate of drug-likeness (QED) is 0.803. The van der Waals surface area contributed by atoms with Crippen molar-refractivity contribution in [3.8, 4) is 0 Å². The number of rotatable bonds is 2. The van der Waals surface area contributed by atoms with E-state index < -0.39 is 9.84 Å². The average molecular weight is 243 g/mol. The molecule has 3 nitrogen and oxygen atoms in total. The van der Waals surface area contributed by atoms with Gasteiger partial charge in [-0.2, -0.15) is 0 Å². The summed E-state index contributed by atoms with van der Waals surface area (Å²) in [5.74, 6) is 1.71. The van der Waals surface area contributed by atoms with Crippen LogP contribution in [0.3, 0.4) is 0 Å². The van der Waals surface area contributed by atoms with Crippen LogP contribution >= 0.6 is 0 Å². The van der Waals surface area contributed by atoms with Crippen molar-refractivity contribution >= 4 is 9.84 Å². The third kappa shape index (κ3) is 2.86. The van der Waals surface area contributed by atoms with Crippen LogP contribution in [0, 0.1) is 11.8 Å². The highest BCUT2D eigenvalue weighted by molar-refractivity contribution is 7.94. The standard InChI is InChI=1S/C12H21NO2S/c1-9-3-4-12(10(2)7-9)13-11-5-6-16(14,15)8-11/h5-6,9-13H,3-4,7-8H2,1-2H3. The van der Waals surface area contributed by atoms with Gasteiger partial charge in [-0.05, 0) is 31.1 Å². The minimum Gasteiger partial charge on any atom is -0.306 e. The molecule has 1 saturated carbocycles. The molecule has 0 aromatic rings. The van der Waals surface area contributed by atoms with E-state index in [1.807, 2.05) is 0 Å². The number of nitrogens with one attached hydrogen (secondary N) is 1. The SMILES string of the molecule is CC1CCC(NC2C=CS(=O)(=O)C2)C(C)C1. The summed E-state index contributed by atoms with van der Waals surface area (Å²) >= 11 is 0. The van der Waals surface area contributed by atoms with Crippen LogP contribution in [0.5, 0.6) is 0 Å². The zero-order chi connectivity index (χ0) is 11.8. The van der Waals surface area contributed by atoms with E-state index in [2.05, 4.69) is 19.2 Å². The molecule has 0 aromatic carbocycles. The molecule has 1 aliphatic heterocycles. The van der Waals surface area contributed by atoms with Gasteiger partial charge in [-0.15, -0.1) is 0 Å². The molecule has 1 aliphatic carbocycles. The van der Waals surface area contributed by atoms with Crippen molar-refractivity contribution < 1.29 is 8.42 Å². The largest absolute Gasteiger partial charge is 0.306 e. The lowest BCUT2D eigenvalue weighted by molar-refractivity contribution is 0.223. The number of hydrogen-bond donors (Lipinski definition) is 1. The fraction of sp³-hybridized carbons (Fsp3) is 0.833. The molecule has 16 heavy (non-hydrogen) atoms. The maximum atomic E-state index is 11.3. The van der Waals surface area contributed by atoms with E-state index in [0.717, 1.165) is 5.92 Å². The van der Waals surface area contributed by atoms with Gasteiger partial charge in [0.05, 0.1) is 5.75 Å². The first-order valence-electron chi connectivity index (χ1n) is 6.13. The Bertz CT molecular complexity index is 374. The van der Waals surface area contributed by atoms with Gasteiger partial charge in [0.1, 0.15) is 0 Å². The molecule has 0 bridgehead atoms. The van der Waals surface area contributed by atoms with Crippen LogP contribution in [0.4, 0.5) is 0 Å². The van der Waals surface area contributed by atoms with Crippen molar-refractivity contribution in [2.45, 2.75) is 45.2 Å². The molecule has 0 aromatic heterocycles. The molecule has 2 rings (SSSR count). The topological polar surface area (TPSA) is 46.2 Å². The van der Waals surface area contributed by atoms with Crippen LogP contribution in [-0.4, -0.2) is 26.3 Å². The maximum absolute atomic E-state index is 11.3. The number of sulfone groups is 1. The summed E-state index contributed by atoms with van der Waals surface area (Å²) in [6, 6.07) is 0.519. The lowest BCUT2D eigenvalue weighted by Crippen LogP contribution is -2.45. The molecule has 0 saturated heterocycles. The Hall–Kier alpha value is -0.350. The van der Waals surface area contributed by atoms with Crippen molar-refractivity contribution in [1.29, 1.82) is 0 Å². The van der Waals surface area contributed by atoms with Gasteiger partial charge in [0.2, 0.25) is 0 Å². The van der Waals surface area contributed by atoms with Crippen LogP contribution in [0.1, 0.15) is 33.1 Å². The van der Waals surface area contributed by atoms with E-state index in [1.165, 1.54) is 24.7 Å². The van der Waals surface area contributed by atoms with E-state index in [4.69, 9.17) is 0 Å². The Morgan fingerprint density at radius 3 is 2.56 bits per heavy atom. The van der Waals surface area contributed by atoms with Crippen LogP contribution in [0.2, 0.25) is 0 Å². The Labute approximate surface area is 98.2 Å². The highest BCUT2D eigenvalue weighted by atomic mass is 32.2. The van der Waals surface area contributed by atoms with Crippen molar-refractivity contribution in [2.24, 2.45) is 11.8 Å². The third-order valence-electron chi connectivity index (χ3n) is 3.79. The summed E-state index contributed by atoms with van der Waals surface area (Å²) in [6.07, 6.45) is 5.47. The van der Waals surface area contributed by atoms with Gasteiger partial charge >= 0.3 is 0 Å². The monoisotopic (exact) mass is 243 g/mol. The number of hydrogen-bond acceptors (Lipinski definition) is 3. The lowest BCUT2D eigenvalue weighted by atomic mass is 9.79. The fourth-order valence-electron chi connectivity index (χ4n) is 2.87. The van der Waals surface area contributed by atoms with Crippen LogP contribution in [-0.2, 0) is 9.84 Å². The second kappa shape index (κ2) is 4.49. The predicted octanol–water partition coefficient (Wildman–Crippen LogP) is 1.71. The summed E-state index contributed by atoms with van der Waals surface area (Å²) in [5, 5.41) is 4.83. The summed E-state index contributed by atoms with van der Waals surface area (Å²) in [4.78, 5) is 0. The second-order valence-electron chi connectivity index (χ2n) is 5.43. The summed E-state index contributed by atoms with van der Waals surface area (Å²) in [6.45, 7) is 4.56. The molecule has 1 fully saturated rings. The Balaban J connectivity index is 1.89. The minimum atomic E-state index is -2.92. The second-order valence-corrected chi connectivity index (χ2v) is 7.36. The van der Waals surface area contributed by atoms with Gasteiger partial charge in [-0.25, -0.2) is 8.42 Å². The minimum absolute atomic E-state index is 0.0332. The zero-order valence-corrected chi connectivity index (χ0v) is 10.8. The van der Waals surface area contributed by atoms with E-state index >= 15 is 0 Å². The molecule has 4 unspecified atom stereocenters. The highest BCUT2D eigenvalue weighted by Crippen LogP contribution is 2.29. The maximum Gasteiger partial charge on any atom is 0.173 e. The first kappa shape index (κ1) is 12.1. The van der Waals surface area contributed by atoms with Crippen molar-refractivity contribution in [3.05, 3.63) is 11.5 Å². The van der Waals surface area contributed by atoms with Crippen molar-refractivity contribution in [3.63, 3.8) is 0 Å². The fourth-order valence-corrected chi connectivity index (χ4v) is 4.12. The van der Waals surface area contributed by atoms with E-state index in [-0.39, 0.29) is 11.8 Å². The van der Waals surface area contributed by atoms with Gasteiger partial charge in [-0.3, -0.25) is 0 Å². The average Bonchev–Trinajstić information content (AvgIpc) is 2.51. The zero-order valence-electron chi connectivity index (χ0n) is 10.0. The van der Waals surface area contributed by atoms with Gasteiger partial charge < -0.3 is 5.32 Å². The summed E-state index contributed by atoms with van der Waals surface area (Å²) < 4.78 is 22.6. The molecule has 4 atom stereocenters. The first-order chi connectivity index (χ1) is 7.46. The van der Waals surface area contributed by atoms with E-state index in [1.54, 1.807) is 6.08 Å². The predicted molar refractivity (Wildman–Crippen MR) is 65.8 cm³/mol. The molecule has 4 heteroatoms. The lowest BCUT2D eigenvalue weighted by Gasteiger charge is -2.34. The normalized spacial score (nSPS) is 42.4. The molecule has 1 heterocycles. The van der Waals surface area contributed by atoms with Crippen LogP contribution in [0.25, 0.3) is 0 Å². The van der Waals surface area contributed by atoms with Gasteiger partial charge in [0, 0.05) is 17.5 Å². The first-order valence-corrected chi connectivity index (χ1v) is 7.85. The molecule has 0 spiro atoms. The molecule has 1 N–H and O–H groups in total. The molecule has 0 amide bonds. The molecular formula is C12H21NO2S. The van der Waals surface area contributed by atoms with Crippen LogP contribution in [0.15, 0.2) is 11.5 Å². The Kier molecular flexibility index (Phi) is 3.40. The van der Waals surface area contributed by atoms with Gasteiger partial charge in [-0.1, -0.05) is 19.9 Å². The molecule has 0 radical (unpaired) electrons. The smallest absolute Gasteiger partial charge is 0.173 e. The van der Waals surface area contributed by atoms with Crippen molar-refractivity contribution in [1.82, 2.24) is 5.32 Å². The van der Waals surface area contributed by atoms with Gasteiger partial charge in [0.25, 0.3) is 0 Å². The summed E-state index contributed by atoms with van der Waals surface area (Å²) in [7, 11) is -2.92. The van der Waals surface area contributed by atoms with Gasteiger partial charge in [0.15, 0.2) is 9.84 Å². The Morgan fingerprint density at radius 2 is 2.00 bits per heavy atom. The molecule has 2 aliphatic rings. The highest BCUT2D eigenvalue weighted by Gasteiger charge is 2.29. The third-order valence-corrected chi connectivity index (χ3v) is 5.19. The van der Waals surface area contributed by atoms with Crippen LogP contribution < -0.4 is 5.32 Å². The molecular weight excluding hydrogens is 222 g/mol. The molecule has 92 valence electrons. The van der Waals surface area contributed by atoms with Crippen molar-refractivity contribution in [2.75, 3.05) is 5.75 Å². The summed E-state index contributed by atoms with van der Waals surface area (Å²) in [5.41, 5.74) is 0. The van der Waals surface area contributed by atoms with E-state index in [9.17, 15) is 8.42 Å². The Morgan fingerprint density at radius 1 is 1.25 bits per heavy atom. The van der Waals surface area contributed by atoms with E-state index in [0.29, 0.717) is 12.0 Å².